The van der Waals surface area contributed by atoms with Crippen molar-refractivity contribution in [1.29, 1.82) is 0 Å². The molecule has 0 aromatic heterocycles. The van der Waals surface area contributed by atoms with Crippen LogP contribution >= 0.6 is 0 Å². The molecule has 100 valence electrons. The van der Waals surface area contributed by atoms with Gasteiger partial charge < -0.3 is 5.32 Å². The molecule has 2 rings (SSSR count). The zero-order valence-electron chi connectivity index (χ0n) is 12.1. The topological polar surface area (TPSA) is 12.0 Å². The maximum atomic E-state index is 3.58. The van der Waals surface area contributed by atoms with E-state index in [2.05, 4.69) is 74.6 Å². The second-order valence-corrected chi connectivity index (χ2v) is 5.14. The van der Waals surface area contributed by atoms with Gasteiger partial charge in [0.1, 0.15) is 0 Å². The summed E-state index contributed by atoms with van der Waals surface area (Å²) in [6.45, 7) is 7.50. The van der Waals surface area contributed by atoms with Crippen molar-refractivity contribution in [3.05, 3.63) is 70.8 Å². The molecular formula is C18H23N. The Morgan fingerprint density at radius 3 is 2.32 bits per heavy atom. The van der Waals surface area contributed by atoms with E-state index in [-0.39, 0.29) is 0 Å². The minimum atomic E-state index is 0.397. The summed E-state index contributed by atoms with van der Waals surface area (Å²) in [5.41, 5.74) is 5.50. The van der Waals surface area contributed by atoms with Crippen LogP contribution in [-0.4, -0.2) is 6.54 Å². The number of rotatable bonds is 5. The first kappa shape index (κ1) is 13.8. The lowest BCUT2D eigenvalue weighted by atomic mass is 9.96. The van der Waals surface area contributed by atoms with E-state index in [1.807, 2.05) is 0 Å². The lowest BCUT2D eigenvalue weighted by molar-refractivity contribution is 0.549. The third-order valence-corrected chi connectivity index (χ3v) is 3.66. The monoisotopic (exact) mass is 253 g/mol. The molecule has 0 aliphatic carbocycles. The van der Waals surface area contributed by atoms with Crippen molar-refractivity contribution in [3.8, 4) is 0 Å². The Hall–Kier alpha value is -1.60. The van der Waals surface area contributed by atoms with Gasteiger partial charge in [-0.15, -0.1) is 0 Å². The molecule has 0 bridgehead atoms. The van der Waals surface area contributed by atoms with E-state index >= 15 is 0 Å². The molecule has 1 N–H and O–H groups in total. The first-order chi connectivity index (χ1) is 9.20. The third kappa shape index (κ3) is 3.68. The van der Waals surface area contributed by atoms with Gasteiger partial charge in [-0.05, 0) is 49.1 Å². The number of nitrogens with one attached hydrogen (secondary N) is 1. The van der Waals surface area contributed by atoms with Gasteiger partial charge in [-0.25, -0.2) is 0 Å². The molecule has 0 saturated heterocycles. The predicted octanol–water partition coefficient (Wildman–Crippen LogP) is 4.20. The van der Waals surface area contributed by atoms with E-state index in [4.69, 9.17) is 0 Å². The van der Waals surface area contributed by atoms with Gasteiger partial charge in [-0.1, -0.05) is 55.5 Å². The summed E-state index contributed by atoms with van der Waals surface area (Å²) in [7, 11) is 0. The van der Waals surface area contributed by atoms with Crippen LogP contribution in [-0.2, 0) is 6.42 Å². The van der Waals surface area contributed by atoms with Gasteiger partial charge in [0.15, 0.2) is 0 Å². The minimum absolute atomic E-state index is 0.397. The summed E-state index contributed by atoms with van der Waals surface area (Å²) in [5, 5.41) is 3.58. The summed E-state index contributed by atoms with van der Waals surface area (Å²) in [6, 6.07) is 17.9. The summed E-state index contributed by atoms with van der Waals surface area (Å²) in [5.74, 6) is 0. The molecule has 0 aliphatic rings. The van der Waals surface area contributed by atoms with Crippen molar-refractivity contribution in [3.63, 3.8) is 0 Å². The molecule has 0 heterocycles. The molecule has 0 saturated carbocycles. The van der Waals surface area contributed by atoms with Crippen LogP contribution in [0.4, 0.5) is 0 Å². The standard InChI is InChI=1S/C18H23N/c1-4-19-18(17-8-6-5-7-9-17)13-16-11-10-14(2)15(3)12-16/h5-12,18-19H,4,13H2,1-3H3. The number of likely N-dealkylation sites (N-methyl/N-ethyl adjacent to an activating group) is 1. The third-order valence-electron chi connectivity index (χ3n) is 3.66. The maximum absolute atomic E-state index is 3.58. The van der Waals surface area contributed by atoms with Gasteiger partial charge in [-0.3, -0.25) is 0 Å². The number of benzene rings is 2. The highest BCUT2D eigenvalue weighted by atomic mass is 14.9. The molecule has 0 spiro atoms. The Balaban J connectivity index is 2.19. The van der Waals surface area contributed by atoms with E-state index in [1.165, 1.54) is 22.3 Å². The fourth-order valence-electron chi connectivity index (χ4n) is 2.41. The van der Waals surface area contributed by atoms with Crippen molar-refractivity contribution in [1.82, 2.24) is 5.32 Å². The van der Waals surface area contributed by atoms with E-state index in [1.54, 1.807) is 0 Å². The molecule has 0 radical (unpaired) electrons. The van der Waals surface area contributed by atoms with Gasteiger partial charge in [0, 0.05) is 6.04 Å². The van der Waals surface area contributed by atoms with E-state index in [9.17, 15) is 0 Å². The smallest absolute Gasteiger partial charge is 0.0360 e. The Morgan fingerprint density at radius 1 is 0.947 bits per heavy atom. The van der Waals surface area contributed by atoms with Crippen LogP contribution in [0.5, 0.6) is 0 Å². The molecule has 1 nitrogen and oxygen atoms in total. The minimum Gasteiger partial charge on any atom is -0.310 e. The van der Waals surface area contributed by atoms with Crippen molar-refractivity contribution in [2.45, 2.75) is 33.2 Å². The average molecular weight is 253 g/mol. The zero-order valence-corrected chi connectivity index (χ0v) is 12.1. The second kappa shape index (κ2) is 6.53. The van der Waals surface area contributed by atoms with E-state index in [0.29, 0.717) is 6.04 Å². The summed E-state index contributed by atoms with van der Waals surface area (Å²) in [6.07, 6.45) is 1.04. The van der Waals surface area contributed by atoms with Gasteiger partial charge in [0.05, 0.1) is 0 Å². The lowest BCUT2D eigenvalue weighted by Crippen LogP contribution is -2.22. The second-order valence-electron chi connectivity index (χ2n) is 5.14. The Bertz CT molecular complexity index is 516. The highest BCUT2D eigenvalue weighted by Gasteiger charge is 2.10. The molecule has 2 aromatic rings. The van der Waals surface area contributed by atoms with Crippen molar-refractivity contribution in [2.24, 2.45) is 0 Å². The number of hydrogen-bond donors (Lipinski definition) is 1. The van der Waals surface area contributed by atoms with Crippen LogP contribution in [0.25, 0.3) is 0 Å². The summed E-state index contributed by atoms with van der Waals surface area (Å²) in [4.78, 5) is 0. The molecular weight excluding hydrogens is 230 g/mol. The molecule has 0 aliphatic heterocycles. The highest BCUT2D eigenvalue weighted by molar-refractivity contribution is 5.31. The average Bonchev–Trinajstić information content (AvgIpc) is 2.43. The molecule has 1 atom stereocenters. The Kier molecular flexibility index (Phi) is 4.75. The summed E-state index contributed by atoms with van der Waals surface area (Å²) < 4.78 is 0. The zero-order chi connectivity index (χ0) is 13.7. The van der Waals surface area contributed by atoms with E-state index < -0.39 is 0 Å². The Labute approximate surface area is 116 Å². The van der Waals surface area contributed by atoms with Gasteiger partial charge >= 0.3 is 0 Å². The van der Waals surface area contributed by atoms with Crippen LogP contribution in [0.2, 0.25) is 0 Å². The van der Waals surface area contributed by atoms with Gasteiger partial charge in [-0.2, -0.15) is 0 Å². The molecule has 1 heteroatoms. The molecule has 1 unspecified atom stereocenters. The number of hydrogen-bond acceptors (Lipinski definition) is 1. The van der Waals surface area contributed by atoms with Crippen molar-refractivity contribution in [2.75, 3.05) is 6.54 Å². The first-order valence-electron chi connectivity index (χ1n) is 7.05. The van der Waals surface area contributed by atoms with Crippen LogP contribution in [0.1, 0.15) is 35.2 Å². The fraction of sp³-hybridized carbons (Fsp3) is 0.333. The Morgan fingerprint density at radius 2 is 1.68 bits per heavy atom. The molecule has 0 amide bonds. The fourth-order valence-corrected chi connectivity index (χ4v) is 2.41. The van der Waals surface area contributed by atoms with Crippen LogP contribution in [0.3, 0.4) is 0 Å². The van der Waals surface area contributed by atoms with Crippen LogP contribution in [0.15, 0.2) is 48.5 Å². The van der Waals surface area contributed by atoms with Crippen molar-refractivity contribution >= 4 is 0 Å². The predicted molar refractivity (Wildman–Crippen MR) is 82.5 cm³/mol. The maximum Gasteiger partial charge on any atom is 0.0360 e. The van der Waals surface area contributed by atoms with Crippen molar-refractivity contribution < 1.29 is 0 Å². The van der Waals surface area contributed by atoms with Gasteiger partial charge in [0.25, 0.3) is 0 Å². The molecule has 19 heavy (non-hydrogen) atoms. The van der Waals surface area contributed by atoms with Crippen LogP contribution in [0, 0.1) is 13.8 Å². The van der Waals surface area contributed by atoms with E-state index in [0.717, 1.165) is 13.0 Å². The summed E-state index contributed by atoms with van der Waals surface area (Å²) >= 11 is 0. The SMILES string of the molecule is CCNC(Cc1ccc(C)c(C)c1)c1ccccc1. The van der Waals surface area contributed by atoms with Crippen LogP contribution < -0.4 is 5.32 Å². The van der Waals surface area contributed by atoms with Gasteiger partial charge in [0.2, 0.25) is 0 Å². The normalized spacial score (nSPS) is 12.4. The molecule has 2 aromatic carbocycles. The molecule has 0 fully saturated rings. The quantitative estimate of drug-likeness (QED) is 0.842. The largest absolute Gasteiger partial charge is 0.310 e. The lowest BCUT2D eigenvalue weighted by Gasteiger charge is -2.19. The highest BCUT2D eigenvalue weighted by Crippen LogP contribution is 2.20. The number of aryl methyl sites for hydroxylation is 2. The first-order valence-corrected chi connectivity index (χ1v) is 7.05.